The SMILES string of the molecule is CNC(Cc1cncs1)CC12CC3CC(CC(C3)C1)C2. The molecular weight excluding hydrogens is 264 g/mol. The van der Waals surface area contributed by atoms with Crippen molar-refractivity contribution in [1.82, 2.24) is 10.3 Å². The molecule has 1 heterocycles. The van der Waals surface area contributed by atoms with Gasteiger partial charge in [-0.3, -0.25) is 4.98 Å². The Morgan fingerprint density at radius 3 is 2.40 bits per heavy atom. The Morgan fingerprint density at radius 1 is 1.25 bits per heavy atom. The summed E-state index contributed by atoms with van der Waals surface area (Å²) in [5, 5.41) is 3.59. The molecular formula is C17H26N2S. The van der Waals surface area contributed by atoms with Crippen LogP contribution in [0.3, 0.4) is 0 Å². The van der Waals surface area contributed by atoms with Gasteiger partial charge in [0.25, 0.3) is 0 Å². The highest BCUT2D eigenvalue weighted by Crippen LogP contribution is 2.61. The molecule has 0 amide bonds. The molecule has 1 unspecified atom stereocenters. The highest BCUT2D eigenvalue weighted by molar-refractivity contribution is 7.09. The first-order valence-corrected chi connectivity index (χ1v) is 9.17. The van der Waals surface area contributed by atoms with Gasteiger partial charge in [0.1, 0.15) is 0 Å². The van der Waals surface area contributed by atoms with E-state index < -0.39 is 0 Å². The van der Waals surface area contributed by atoms with E-state index >= 15 is 0 Å². The Bertz CT molecular complexity index is 418. The molecule has 1 aromatic heterocycles. The van der Waals surface area contributed by atoms with E-state index in [0.717, 1.165) is 17.8 Å². The smallest absolute Gasteiger partial charge is 0.0794 e. The largest absolute Gasteiger partial charge is 0.317 e. The van der Waals surface area contributed by atoms with Crippen LogP contribution in [-0.2, 0) is 6.42 Å². The lowest BCUT2D eigenvalue weighted by Gasteiger charge is -2.57. The lowest BCUT2D eigenvalue weighted by atomic mass is 9.48. The molecule has 1 N–H and O–H groups in total. The van der Waals surface area contributed by atoms with Crippen LogP contribution in [0.4, 0.5) is 0 Å². The van der Waals surface area contributed by atoms with Crippen molar-refractivity contribution in [3.05, 3.63) is 16.6 Å². The predicted octanol–water partition coefficient (Wildman–Crippen LogP) is 3.88. The lowest BCUT2D eigenvalue weighted by molar-refractivity contribution is -0.0616. The maximum atomic E-state index is 4.23. The number of aromatic nitrogens is 1. The first-order valence-electron chi connectivity index (χ1n) is 8.29. The fraction of sp³-hybridized carbons (Fsp3) is 0.824. The van der Waals surface area contributed by atoms with E-state index in [1.165, 1.54) is 37.0 Å². The van der Waals surface area contributed by atoms with Crippen LogP contribution in [0.2, 0.25) is 0 Å². The van der Waals surface area contributed by atoms with Crippen molar-refractivity contribution < 1.29 is 0 Å². The van der Waals surface area contributed by atoms with E-state index in [2.05, 4.69) is 23.5 Å². The minimum absolute atomic E-state index is 0.645. The van der Waals surface area contributed by atoms with Crippen LogP contribution < -0.4 is 5.32 Å². The van der Waals surface area contributed by atoms with Gasteiger partial charge in [-0.05, 0) is 81.6 Å². The minimum Gasteiger partial charge on any atom is -0.317 e. The minimum atomic E-state index is 0.645. The van der Waals surface area contributed by atoms with Gasteiger partial charge < -0.3 is 5.32 Å². The van der Waals surface area contributed by atoms with E-state index in [1.807, 2.05) is 16.8 Å². The zero-order valence-electron chi connectivity index (χ0n) is 12.5. The highest BCUT2D eigenvalue weighted by atomic mass is 32.1. The van der Waals surface area contributed by atoms with Gasteiger partial charge in [-0.15, -0.1) is 11.3 Å². The molecule has 0 aromatic carbocycles. The third-order valence-corrected chi connectivity index (χ3v) is 6.99. The average Bonchev–Trinajstić information content (AvgIpc) is 2.89. The quantitative estimate of drug-likeness (QED) is 0.890. The summed E-state index contributed by atoms with van der Waals surface area (Å²) < 4.78 is 0. The third-order valence-electron chi connectivity index (χ3n) is 6.18. The van der Waals surface area contributed by atoms with Crippen LogP contribution in [0.1, 0.15) is 49.8 Å². The van der Waals surface area contributed by atoms with Gasteiger partial charge >= 0.3 is 0 Å². The molecule has 1 aromatic rings. The van der Waals surface area contributed by atoms with Crippen LogP contribution in [0.5, 0.6) is 0 Å². The lowest BCUT2D eigenvalue weighted by Crippen LogP contribution is -2.48. The summed E-state index contributed by atoms with van der Waals surface area (Å²) in [5.41, 5.74) is 2.65. The van der Waals surface area contributed by atoms with E-state index in [0.29, 0.717) is 11.5 Å². The highest BCUT2D eigenvalue weighted by Gasteiger charge is 2.51. The molecule has 5 rings (SSSR count). The Kier molecular flexibility index (Phi) is 3.38. The second-order valence-corrected chi connectivity index (χ2v) is 8.75. The molecule has 0 radical (unpaired) electrons. The molecule has 3 heteroatoms. The number of hydrogen-bond donors (Lipinski definition) is 1. The van der Waals surface area contributed by atoms with Crippen molar-refractivity contribution in [2.45, 2.75) is 57.4 Å². The standard InChI is InChI=1S/C17H26N2S/c1-18-15(5-16-10-19-11-20-16)9-17-6-12-2-13(7-17)4-14(3-12)8-17/h10-15,18H,2-9H2,1H3. The van der Waals surface area contributed by atoms with Gasteiger partial charge in [0, 0.05) is 17.1 Å². The van der Waals surface area contributed by atoms with E-state index in [1.54, 1.807) is 19.3 Å². The first-order chi connectivity index (χ1) is 9.75. The van der Waals surface area contributed by atoms with Crippen molar-refractivity contribution in [3.63, 3.8) is 0 Å². The predicted molar refractivity (Wildman–Crippen MR) is 83.9 cm³/mol. The molecule has 110 valence electrons. The molecule has 4 aliphatic rings. The summed E-state index contributed by atoms with van der Waals surface area (Å²) in [4.78, 5) is 5.67. The maximum absolute atomic E-state index is 4.23. The summed E-state index contributed by atoms with van der Waals surface area (Å²) in [5.74, 6) is 3.21. The number of rotatable bonds is 5. The van der Waals surface area contributed by atoms with Crippen molar-refractivity contribution in [2.24, 2.45) is 23.2 Å². The summed E-state index contributed by atoms with van der Waals surface area (Å²) in [6.45, 7) is 0. The number of nitrogens with one attached hydrogen (secondary N) is 1. The molecule has 4 aliphatic carbocycles. The van der Waals surface area contributed by atoms with Gasteiger partial charge in [-0.2, -0.15) is 0 Å². The van der Waals surface area contributed by atoms with Gasteiger partial charge in [0.15, 0.2) is 0 Å². The molecule has 1 atom stereocenters. The van der Waals surface area contributed by atoms with Crippen LogP contribution in [0.25, 0.3) is 0 Å². The molecule has 4 fully saturated rings. The summed E-state index contributed by atoms with van der Waals surface area (Å²) in [6, 6.07) is 0.645. The van der Waals surface area contributed by atoms with Gasteiger partial charge in [0.05, 0.1) is 5.51 Å². The third kappa shape index (κ3) is 2.43. The van der Waals surface area contributed by atoms with Crippen LogP contribution >= 0.6 is 11.3 Å². The molecule has 2 nitrogen and oxygen atoms in total. The average molecular weight is 290 g/mol. The molecule has 0 saturated heterocycles. The van der Waals surface area contributed by atoms with Gasteiger partial charge in [-0.1, -0.05) is 0 Å². The Morgan fingerprint density at radius 2 is 1.90 bits per heavy atom. The van der Waals surface area contributed by atoms with Crippen molar-refractivity contribution in [2.75, 3.05) is 7.05 Å². The van der Waals surface area contributed by atoms with E-state index in [-0.39, 0.29) is 0 Å². The Hall–Kier alpha value is -0.410. The topological polar surface area (TPSA) is 24.9 Å². The number of thiazole rings is 1. The number of nitrogens with zero attached hydrogens (tertiary/aromatic N) is 1. The second-order valence-electron chi connectivity index (χ2n) is 7.78. The van der Waals surface area contributed by atoms with Crippen LogP contribution in [0, 0.1) is 23.2 Å². The molecule has 0 aliphatic heterocycles. The second kappa shape index (κ2) is 5.10. The fourth-order valence-electron chi connectivity index (χ4n) is 5.92. The Balaban J connectivity index is 1.46. The Labute approximate surface area is 126 Å². The maximum Gasteiger partial charge on any atom is 0.0794 e. The first kappa shape index (κ1) is 13.3. The van der Waals surface area contributed by atoms with Crippen molar-refractivity contribution >= 4 is 11.3 Å². The fourth-order valence-corrected chi connectivity index (χ4v) is 6.60. The summed E-state index contributed by atoms with van der Waals surface area (Å²) in [7, 11) is 2.15. The zero-order chi connectivity index (χ0) is 13.6. The van der Waals surface area contributed by atoms with Gasteiger partial charge in [-0.25, -0.2) is 0 Å². The van der Waals surface area contributed by atoms with Crippen LogP contribution in [-0.4, -0.2) is 18.1 Å². The van der Waals surface area contributed by atoms with Gasteiger partial charge in [0.2, 0.25) is 0 Å². The molecule has 4 bridgehead atoms. The van der Waals surface area contributed by atoms with Crippen molar-refractivity contribution in [3.8, 4) is 0 Å². The molecule has 4 saturated carbocycles. The normalized spacial score (nSPS) is 40.1. The van der Waals surface area contributed by atoms with E-state index in [4.69, 9.17) is 0 Å². The zero-order valence-corrected chi connectivity index (χ0v) is 13.3. The molecule has 20 heavy (non-hydrogen) atoms. The monoisotopic (exact) mass is 290 g/mol. The van der Waals surface area contributed by atoms with Crippen LogP contribution in [0.15, 0.2) is 11.7 Å². The molecule has 0 spiro atoms. The summed E-state index contributed by atoms with van der Waals surface area (Å²) in [6.07, 6.45) is 13.9. The number of likely N-dealkylation sites (N-methyl/N-ethyl adjacent to an activating group) is 1. The summed E-state index contributed by atoms with van der Waals surface area (Å²) >= 11 is 1.81. The number of hydrogen-bond acceptors (Lipinski definition) is 3. The van der Waals surface area contributed by atoms with E-state index in [9.17, 15) is 0 Å². The van der Waals surface area contributed by atoms with Crippen molar-refractivity contribution in [1.29, 1.82) is 0 Å².